The summed E-state index contributed by atoms with van der Waals surface area (Å²) in [5.74, 6) is -1.95. The molecule has 6 heteroatoms. The first-order valence-electron chi connectivity index (χ1n) is 8.15. The predicted octanol–water partition coefficient (Wildman–Crippen LogP) is 3.64. The first-order chi connectivity index (χ1) is 11.0. The smallest absolute Gasteiger partial charge is 0.288 e. The van der Waals surface area contributed by atoms with Gasteiger partial charge in [0.25, 0.3) is 11.7 Å². The molecule has 2 atom stereocenters. The van der Waals surface area contributed by atoms with Gasteiger partial charge in [0.05, 0.1) is 5.56 Å². The standard InChI is InChI=1S/C17H22F2N2OS/c18-17(19)23-14-7-2-1-6-13(14)16(22)21-15-10-4-3-5-11(15)9-12(20)8-10/h1-2,6-7,10-12,15,17H,3-5,8-9,20H2,(H,21,22). The molecule has 2 saturated carbocycles. The molecule has 2 unspecified atom stereocenters. The van der Waals surface area contributed by atoms with Crippen LogP contribution in [0.5, 0.6) is 0 Å². The van der Waals surface area contributed by atoms with E-state index in [1.165, 1.54) is 6.42 Å². The molecule has 3 rings (SSSR count). The summed E-state index contributed by atoms with van der Waals surface area (Å²) < 4.78 is 25.3. The number of hydrogen-bond donors (Lipinski definition) is 2. The highest BCUT2D eigenvalue weighted by atomic mass is 32.2. The molecule has 3 nitrogen and oxygen atoms in total. The molecule has 0 saturated heterocycles. The van der Waals surface area contributed by atoms with E-state index in [0.717, 1.165) is 25.7 Å². The number of alkyl halides is 2. The maximum absolute atomic E-state index is 12.7. The molecule has 1 aromatic rings. The fourth-order valence-electron chi connectivity index (χ4n) is 4.11. The Kier molecular flexibility index (Phi) is 5.21. The number of nitrogens with two attached hydrogens (primary N) is 1. The van der Waals surface area contributed by atoms with E-state index in [1.54, 1.807) is 24.3 Å². The fraction of sp³-hybridized carbons (Fsp3) is 0.588. The van der Waals surface area contributed by atoms with Gasteiger partial charge in [0.1, 0.15) is 0 Å². The number of halogens is 2. The Balaban J connectivity index is 1.74. The molecule has 3 N–H and O–H groups in total. The Bertz CT molecular complexity index is 555. The third-order valence-electron chi connectivity index (χ3n) is 5.02. The maximum atomic E-state index is 12.7. The molecule has 0 aromatic heterocycles. The lowest BCUT2D eigenvalue weighted by molar-refractivity contribution is 0.0753. The van der Waals surface area contributed by atoms with E-state index in [0.29, 0.717) is 34.1 Å². The van der Waals surface area contributed by atoms with Crippen molar-refractivity contribution in [1.29, 1.82) is 0 Å². The Labute approximate surface area is 139 Å². The van der Waals surface area contributed by atoms with Gasteiger partial charge >= 0.3 is 0 Å². The van der Waals surface area contributed by atoms with Crippen molar-refractivity contribution in [3.8, 4) is 0 Å². The number of thioether (sulfide) groups is 1. The minimum Gasteiger partial charge on any atom is -0.349 e. The van der Waals surface area contributed by atoms with Gasteiger partial charge in [-0.1, -0.05) is 30.3 Å². The van der Waals surface area contributed by atoms with E-state index < -0.39 is 5.76 Å². The van der Waals surface area contributed by atoms with Gasteiger partial charge in [-0.15, -0.1) is 0 Å². The Morgan fingerprint density at radius 3 is 2.52 bits per heavy atom. The normalized spacial score (nSPS) is 30.3. The minimum atomic E-state index is -2.53. The van der Waals surface area contributed by atoms with Gasteiger partial charge in [-0.2, -0.15) is 8.78 Å². The van der Waals surface area contributed by atoms with Crippen LogP contribution in [0.25, 0.3) is 0 Å². The Morgan fingerprint density at radius 1 is 1.22 bits per heavy atom. The zero-order chi connectivity index (χ0) is 16.4. The highest BCUT2D eigenvalue weighted by Crippen LogP contribution is 2.40. The summed E-state index contributed by atoms with van der Waals surface area (Å²) in [4.78, 5) is 13.0. The van der Waals surface area contributed by atoms with Crippen LogP contribution < -0.4 is 11.1 Å². The lowest BCUT2D eigenvalue weighted by Crippen LogP contribution is -2.53. The molecular weight excluding hydrogens is 318 g/mol. The summed E-state index contributed by atoms with van der Waals surface area (Å²) in [6, 6.07) is 6.92. The van der Waals surface area contributed by atoms with Crippen molar-refractivity contribution in [3.63, 3.8) is 0 Å². The SMILES string of the molecule is NC1CC2CCCC(C1)C2NC(=O)c1ccccc1SC(F)F. The summed E-state index contributed by atoms with van der Waals surface area (Å²) in [7, 11) is 0. The molecule has 126 valence electrons. The van der Waals surface area contributed by atoms with Gasteiger partial charge in [-0.3, -0.25) is 4.79 Å². The number of carbonyl (C=O) groups excluding carboxylic acids is 1. The van der Waals surface area contributed by atoms with E-state index >= 15 is 0 Å². The highest BCUT2D eigenvalue weighted by molar-refractivity contribution is 7.99. The van der Waals surface area contributed by atoms with Crippen molar-refractivity contribution < 1.29 is 13.6 Å². The van der Waals surface area contributed by atoms with Crippen molar-refractivity contribution >= 4 is 17.7 Å². The van der Waals surface area contributed by atoms with Crippen LogP contribution in [0, 0.1) is 11.8 Å². The van der Waals surface area contributed by atoms with Crippen molar-refractivity contribution in [1.82, 2.24) is 5.32 Å². The number of nitrogens with one attached hydrogen (secondary N) is 1. The Hall–Kier alpha value is -1.14. The van der Waals surface area contributed by atoms with Gasteiger partial charge in [0.15, 0.2) is 0 Å². The van der Waals surface area contributed by atoms with E-state index in [4.69, 9.17) is 5.73 Å². The molecule has 0 heterocycles. The maximum Gasteiger partial charge on any atom is 0.288 e. The number of carbonyl (C=O) groups is 1. The first-order valence-corrected chi connectivity index (χ1v) is 9.03. The number of fused-ring (bicyclic) bond motifs is 2. The molecule has 1 amide bonds. The number of amides is 1. The van der Waals surface area contributed by atoms with E-state index in [9.17, 15) is 13.6 Å². The molecular formula is C17H22F2N2OS. The summed E-state index contributed by atoms with van der Waals surface area (Å²) in [6.07, 6.45) is 5.24. The summed E-state index contributed by atoms with van der Waals surface area (Å²) >= 11 is 0.423. The van der Waals surface area contributed by atoms with Gasteiger partial charge in [-0.25, -0.2) is 0 Å². The highest BCUT2D eigenvalue weighted by Gasteiger charge is 2.40. The van der Waals surface area contributed by atoms with Gasteiger partial charge in [0.2, 0.25) is 0 Å². The number of benzene rings is 1. The lowest BCUT2D eigenvalue weighted by atomic mass is 9.67. The fourth-order valence-corrected chi connectivity index (χ4v) is 4.74. The van der Waals surface area contributed by atoms with Crippen LogP contribution in [0.3, 0.4) is 0 Å². The average Bonchev–Trinajstić information content (AvgIpc) is 2.48. The van der Waals surface area contributed by atoms with Crippen LogP contribution in [-0.4, -0.2) is 23.7 Å². The lowest BCUT2D eigenvalue weighted by Gasteiger charge is -2.45. The van der Waals surface area contributed by atoms with Crippen molar-refractivity contribution in [2.24, 2.45) is 17.6 Å². The molecule has 0 aliphatic heterocycles. The predicted molar refractivity (Wildman–Crippen MR) is 87.6 cm³/mol. The largest absolute Gasteiger partial charge is 0.349 e. The second-order valence-electron chi connectivity index (χ2n) is 6.56. The molecule has 0 radical (unpaired) electrons. The van der Waals surface area contributed by atoms with Gasteiger partial charge < -0.3 is 11.1 Å². The van der Waals surface area contributed by atoms with E-state index in [1.807, 2.05) is 0 Å². The zero-order valence-corrected chi connectivity index (χ0v) is 13.7. The second-order valence-corrected chi connectivity index (χ2v) is 7.59. The van der Waals surface area contributed by atoms with Crippen LogP contribution in [0.15, 0.2) is 29.2 Å². The van der Waals surface area contributed by atoms with Crippen molar-refractivity contribution in [2.75, 3.05) is 0 Å². The molecule has 0 spiro atoms. The molecule has 2 aliphatic rings. The van der Waals surface area contributed by atoms with E-state index in [2.05, 4.69) is 5.32 Å². The molecule has 2 aliphatic carbocycles. The van der Waals surface area contributed by atoms with Crippen LogP contribution in [0.2, 0.25) is 0 Å². The van der Waals surface area contributed by atoms with E-state index in [-0.39, 0.29) is 18.0 Å². The number of rotatable bonds is 4. The number of hydrogen-bond acceptors (Lipinski definition) is 3. The van der Waals surface area contributed by atoms with Crippen LogP contribution in [0.1, 0.15) is 42.5 Å². The van der Waals surface area contributed by atoms with Crippen molar-refractivity contribution in [2.45, 2.75) is 54.8 Å². The van der Waals surface area contributed by atoms with Crippen molar-refractivity contribution in [3.05, 3.63) is 29.8 Å². The zero-order valence-electron chi connectivity index (χ0n) is 12.9. The quantitative estimate of drug-likeness (QED) is 0.823. The average molecular weight is 340 g/mol. The van der Waals surface area contributed by atoms with Crippen LogP contribution in [0.4, 0.5) is 8.78 Å². The molecule has 23 heavy (non-hydrogen) atoms. The van der Waals surface area contributed by atoms with Gasteiger partial charge in [0, 0.05) is 17.0 Å². The summed E-state index contributed by atoms with van der Waals surface area (Å²) in [5.41, 5.74) is 6.45. The van der Waals surface area contributed by atoms with Gasteiger partial charge in [-0.05, 0) is 49.7 Å². The molecule has 1 aromatic carbocycles. The topological polar surface area (TPSA) is 55.1 Å². The molecule has 2 bridgehead atoms. The third kappa shape index (κ3) is 3.86. The monoisotopic (exact) mass is 340 g/mol. The minimum absolute atomic E-state index is 0.126. The second kappa shape index (κ2) is 7.18. The third-order valence-corrected chi connectivity index (χ3v) is 5.81. The Morgan fingerprint density at radius 2 is 1.87 bits per heavy atom. The summed E-state index contributed by atoms with van der Waals surface area (Å²) in [5, 5.41) is 3.12. The first kappa shape index (κ1) is 16.7. The summed E-state index contributed by atoms with van der Waals surface area (Å²) in [6.45, 7) is 0. The molecule has 2 fully saturated rings. The van der Waals surface area contributed by atoms with Crippen LogP contribution in [-0.2, 0) is 0 Å². The van der Waals surface area contributed by atoms with Crippen LogP contribution >= 0.6 is 11.8 Å².